The number of carbonyl (C=O) groups is 1. The Morgan fingerprint density at radius 1 is 1.04 bits per heavy atom. The Labute approximate surface area is 136 Å². The van der Waals surface area contributed by atoms with Gasteiger partial charge in [-0.1, -0.05) is 30.3 Å². The Morgan fingerprint density at radius 3 is 2.17 bits per heavy atom. The topological polar surface area (TPSA) is 60.4 Å². The first-order valence-corrected chi connectivity index (χ1v) is 8.71. The Hall–Kier alpha value is -2.40. The van der Waals surface area contributed by atoms with E-state index >= 15 is 0 Å². The van der Waals surface area contributed by atoms with Gasteiger partial charge in [-0.25, -0.2) is 8.42 Å². The molecule has 0 unspecified atom stereocenters. The van der Waals surface area contributed by atoms with Gasteiger partial charge in [-0.15, -0.1) is 0 Å². The molecule has 0 aliphatic rings. The predicted molar refractivity (Wildman–Crippen MR) is 90.1 cm³/mol. The van der Waals surface area contributed by atoms with Crippen LogP contribution in [0.5, 0.6) is 5.75 Å². The molecule has 0 fully saturated rings. The van der Waals surface area contributed by atoms with Crippen molar-refractivity contribution in [1.29, 1.82) is 0 Å². The van der Waals surface area contributed by atoms with Crippen LogP contribution in [-0.4, -0.2) is 27.1 Å². The molecule has 0 N–H and O–H groups in total. The number of Topliss-reactive ketones (excluding diaryl/α,β-unsaturated/α-hetero) is 1. The summed E-state index contributed by atoms with van der Waals surface area (Å²) >= 11 is 0. The van der Waals surface area contributed by atoms with Gasteiger partial charge in [0.2, 0.25) is 0 Å². The smallest absolute Gasteiger partial charge is 0.182 e. The molecule has 0 heterocycles. The number of ketones is 1. The van der Waals surface area contributed by atoms with Crippen molar-refractivity contribution in [3.8, 4) is 5.75 Å². The van der Waals surface area contributed by atoms with E-state index in [-0.39, 0.29) is 22.0 Å². The van der Waals surface area contributed by atoms with Crippen LogP contribution in [-0.2, 0) is 14.6 Å². The lowest BCUT2D eigenvalue weighted by atomic mass is 10.1. The van der Waals surface area contributed by atoms with Crippen molar-refractivity contribution in [3.05, 3.63) is 65.7 Å². The summed E-state index contributed by atoms with van der Waals surface area (Å²) in [6.07, 6.45) is 1.60. The molecular weight excluding hydrogens is 312 g/mol. The molecule has 2 aromatic carbocycles. The van der Waals surface area contributed by atoms with E-state index in [1.807, 2.05) is 0 Å². The Kier molecular flexibility index (Phi) is 5.34. The molecule has 0 bridgehead atoms. The molecule has 4 nitrogen and oxygen atoms in total. The molecule has 0 amide bonds. The van der Waals surface area contributed by atoms with Crippen LogP contribution in [0.3, 0.4) is 0 Å². The molecular formula is C18H18O4S. The van der Waals surface area contributed by atoms with Crippen LogP contribution in [0.25, 0.3) is 6.08 Å². The van der Waals surface area contributed by atoms with Gasteiger partial charge in [0.15, 0.2) is 15.6 Å². The molecule has 0 aliphatic heterocycles. The molecule has 2 rings (SSSR count). The van der Waals surface area contributed by atoms with E-state index in [1.165, 1.54) is 19.1 Å². The average molecular weight is 330 g/mol. The molecule has 0 atom stereocenters. The number of carbonyl (C=O) groups excluding carboxylic acids is 1. The van der Waals surface area contributed by atoms with Crippen LogP contribution >= 0.6 is 0 Å². The van der Waals surface area contributed by atoms with Gasteiger partial charge in [-0.05, 0) is 42.8 Å². The maximum absolute atomic E-state index is 12.4. The van der Waals surface area contributed by atoms with Gasteiger partial charge < -0.3 is 4.74 Å². The highest BCUT2D eigenvalue weighted by Gasteiger charge is 2.18. The Morgan fingerprint density at radius 2 is 1.65 bits per heavy atom. The molecule has 120 valence electrons. The molecule has 0 aromatic heterocycles. The number of hydrogen-bond donors (Lipinski definition) is 0. The van der Waals surface area contributed by atoms with Crippen LogP contribution in [0.4, 0.5) is 0 Å². The number of ether oxygens (including phenoxy) is 1. The lowest BCUT2D eigenvalue weighted by molar-refractivity contribution is -0.113. The first kappa shape index (κ1) is 17.0. The average Bonchev–Trinajstić information content (AvgIpc) is 2.55. The van der Waals surface area contributed by atoms with E-state index in [4.69, 9.17) is 4.74 Å². The first-order valence-electron chi connectivity index (χ1n) is 7.06. The van der Waals surface area contributed by atoms with Gasteiger partial charge >= 0.3 is 0 Å². The van der Waals surface area contributed by atoms with Gasteiger partial charge in [-0.3, -0.25) is 4.79 Å². The molecule has 23 heavy (non-hydrogen) atoms. The summed E-state index contributed by atoms with van der Waals surface area (Å²) < 4.78 is 29.9. The van der Waals surface area contributed by atoms with Crippen LogP contribution < -0.4 is 4.74 Å². The molecule has 0 saturated heterocycles. The second kappa shape index (κ2) is 7.24. The van der Waals surface area contributed by atoms with Crippen molar-refractivity contribution < 1.29 is 17.9 Å². The zero-order chi connectivity index (χ0) is 16.9. The van der Waals surface area contributed by atoms with E-state index in [2.05, 4.69) is 0 Å². The largest absolute Gasteiger partial charge is 0.497 e. The van der Waals surface area contributed by atoms with E-state index in [1.54, 1.807) is 55.7 Å². The normalized spacial score (nSPS) is 12.0. The second-order valence-electron chi connectivity index (χ2n) is 5.07. The number of sulfone groups is 1. The van der Waals surface area contributed by atoms with Gasteiger partial charge in [0, 0.05) is 5.57 Å². The third-order valence-electron chi connectivity index (χ3n) is 3.36. The summed E-state index contributed by atoms with van der Waals surface area (Å²) in [6.45, 7) is 1.37. The maximum atomic E-state index is 12.4. The van der Waals surface area contributed by atoms with E-state index < -0.39 is 9.84 Å². The van der Waals surface area contributed by atoms with Crippen molar-refractivity contribution in [1.82, 2.24) is 0 Å². The first-order chi connectivity index (χ1) is 10.9. The highest BCUT2D eigenvalue weighted by Crippen LogP contribution is 2.18. The maximum Gasteiger partial charge on any atom is 0.182 e. The second-order valence-corrected chi connectivity index (χ2v) is 7.06. The molecule has 0 saturated carbocycles. The van der Waals surface area contributed by atoms with Gasteiger partial charge in [0.05, 0.1) is 17.8 Å². The summed E-state index contributed by atoms with van der Waals surface area (Å²) in [5.41, 5.74) is 0.998. The van der Waals surface area contributed by atoms with E-state index in [0.29, 0.717) is 5.75 Å². The van der Waals surface area contributed by atoms with Gasteiger partial charge in [0.25, 0.3) is 0 Å². The van der Waals surface area contributed by atoms with Crippen LogP contribution in [0, 0.1) is 0 Å². The standard InChI is InChI=1S/C18H18O4S/c1-14(19)16(12-15-8-10-17(22-2)11-9-15)13-23(20,21)18-6-4-3-5-7-18/h3-12H,13H2,1-2H3/b16-12+. The highest BCUT2D eigenvalue weighted by atomic mass is 32.2. The summed E-state index contributed by atoms with van der Waals surface area (Å²) in [7, 11) is -1.98. The highest BCUT2D eigenvalue weighted by molar-refractivity contribution is 7.91. The van der Waals surface area contributed by atoms with Crippen LogP contribution in [0.2, 0.25) is 0 Å². The zero-order valence-electron chi connectivity index (χ0n) is 13.0. The number of methoxy groups -OCH3 is 1. The summed E-state index contributed by atoms with van der Waals surface area (Å²) in [5, 5.41) is 0. The van der Waals surface area contributed by atoms with Crippen molar-refractivity contribution in [2.24, 2.45) is 0 Å². The third kappa shape index (κ3) is 4.53. The van der Waals surface area contributed by atoms with Gasteiger partial charge in [0.1, 0.15) is 5.75 Å². The number of benzene rings is 2. The molecule has 2 aromatic rings. The van der Waals surface area contributed by atoms with Crippen LogP contribution in [0.15, 0.2) is 65.1 Å². The van der Waals surface area contributed by atoms with Crippen molar-refractivity contribution in [2.45, 2.75) is 11.8 Å². The fourth-order valence-corrected chi connectivity index (χ4v) is 3.50. The molecule has 0 radical (unpaired) electrons. The summed E-state index contributed by atoms with van der Waals surface area (Å²) in [6, 6.07) is 15.2. The number of hydrogen-bond acceptors (Lipinski definition) is 4. The van der Waals surface area contributed by atoms with Crippen molar-refractivity contribution in [3.63, 3.8) is 0 Å². The SMILES string of the molecule is COc1ccc(/C=C(\CS(=O)(=O)c2ccccc2)C(C)=O)cc1. The zero-order valence-corrected chi connectivity index (χ0v) is 13.8. The summed E-state index contributed by atoms with van der Waals surface area (Å²) in [4.78, 5) is 12.0. The minimum Gasteiger partial charge on any atom is -0.497 e. The van der Waals surface area contributed by atoms with Crippen molar-refractivity contribution in [2.75, 3.05) is 12.9 Å². The number of rotatable bonds is 6. The summed E-state index contributed by atoms with van der Waals surface area (Å²) in [5.74, 6) is 0.113. The van der Waals surface area contributed by atoms with E-state index in [0.717, 1.165) is 5.56 Å². The Bertz CT molecular complexity index is 804. The fourth-order valence-electron chi connectivity index (χ4n) is 2.06. The van der Waals surface area contributed by atoms with Crippen LogP contribution in [0.1, 0.15) is 12.5 Å². The molecule has 5 heteroatoms. The molecule has 0 aliphatic carbocycles. The van der Waals surface area contributed by atoms with Gasteiger partial charge in [-0.2, -0.15) is 0 Å². The monoisotopic (exact) mass is 330 g/mol. The van der Waals surface area contributed by atoms with Crippen molar-refractivity contribution >= 4 is 21.7 Å². The van der Waals surface area contributed by atoms with E-state index in [9.17, 15) is 13.2 Å². The lowest BCUT2D eigenvalue weighted by Gasteiger charge is -2.07. The molecule has 0 spiro atoms. The minimum atomic E-state index is -3.55. The third-order valence-corrected chi connectivity index (χ3v) is 5.04. The predicted octanol–water partition coefficient (Wildman–Crippen LogP) is 3.14. The lowest BCUT2D eigenvalue weighted by Crippen LogP contribution is -2.13. The quantitative estimate of drug-likeness (QED) is 0.764. The Balaban J connectivity index is 2.31. The fraction of sp³-hybridized carbons (Fsp3) is 0.167. The minimum absolute atomic E-state index is 0.210.